The van der Waals surface area contributed by atoms with Gasteiger partial charge in [-0.15, -0.1) is 0 Å². The van der Waals surface area contributed by atoms with Crippen LogP contribution in [0.4, 0.5) is 0 Å². The normalized spacial score (nSPS) is 17.7. The second-order valence-corrected chi connectivity index (χ2v) is 6.23. The Morgan fingerprint density at radius 3 is 2.87 bits per heavy atom. The average molecular weight is 314 g/mol. The minimum absolute atomic E-state index is 0.0657. The second kappa shape index (κ2) is 8.51. The van der Waals surface area contributed by atoms with Crippen LogP contribution in [0.1, 0.15) is 55.5 Å². The van der Waals surface area contributed by atoms with Gasteiger partial charge >= 0.3 is 0 Å². The number of hydrogen-bond acceptors (Lipinski definition) is 2. The molecule has 0 bridgehead atoms. The third-order valence-electron chi connectivity index (χ3n) is 4.23. The Kier molecular flexibility index (Phi) is 6.39. The monoisotopic (exact) mass is 314 g/mol. The summed E-state index contributed by atoms with van der Waals surface area (Å²) in [7, 11) is 0. The van der Waals surface area contributed by atoms with Gasteiger partial charge in [-0.2, -0.15) is 0 Å². The average Bonchev–Trinajstić information content (AvgIpc) is 3.06. The molecule has 2 amide bonds. The quantitative estimate of drug-likeness (QED) is 0.759. The molecule has 23 heavy (non-hydrogen) atoms. The fraction of sp³-hybridized carbons (Fsp3) is 0.474. The predicted molar refractivity (Wildman–Crippen MR) is 92.0 cm³/mol. The lowest BCUT2D eigenvalue weighted by Gasteiger charge is -2.12. The van der Waals surface area contributed by atoms with Crippen molar-refractivity contribution in [3.05, 3.63) is 47.5 Å². The van der Waals surface area contributed by atoms with Crippen molar-refractivity contribution in [3.63, 3.8) is 0 Å². The van der Waals surface area contributed by atoms with E-state index in [2.05, 4.69) is 22.8 Å². The zero-order chi connectivity index (χ0) is 16.7. The van der Waals surface area contributed by atoms with Crippen LogP contribution < -0.4 is 10.6 Å². The Labute approximate surface area is 138 Å². The zero-order valence-corrected chi connectivity index (χ0v) is 14.0. The molecular weight excluding hydrogens is 288 g/mol. The number of allylic oxidation sites excluding steroid dienone is 2. The van der Waals surface area contributed by atoms with E-state index in [0.29, 0.717) is 24.4 Å². The highest BCUT2D eigenvalue weighted by Gasteiger charge is 2.14. The highest BCUT2D eigenvalue weighted by Crippen LogP contribution is 2.20. The maximum atomic E-state index is 12.1. The smallest absolute Gasteiger partial charge is 0.251 e. The molecule has 4 heteroatoms. The SMILES string of the molecule is CC[C@@H](C)NC(=O)c1cccc(CNC(=O)C[C@H]2C=CCC2)c1. The van der Waals surface area contributed by atoms with E-state index in [0.717, 1.165) is 24.8 Å². The molecule has 0 aromatic heterocycles. The second-order valence-electron chi connectivity index (χ2n) is 6.23. The molecule has 0 saturated carbocycles. The molecule has 0 fully saturated rings. The lowest BCUT2D eigenvalue weighted by Crippen LogP contribution is -2.32. The fourth-order valence-corrected chi connectivity index (χ4v) is 2.61. The van der Waals surface area contributed by atoms with Crippen LogP contribution in [0.15, 0.2) is 36.4 Å². The van der Waals surface area contributed by atoms with Crippen molar-refractivity contribution in [1.29, 1.82) is 0 Å². The zero-order valence-electron chi connectivity index (χ0n) is 14.0. The molecule has 0 radical (unpaired) electrons. The van der Waals surface area contributed by atoms with Crippen molar-refractivity contribution >= 4 is 11.8 Å². The van der Waals surface area contributed by atoms with Gasteiger partial charge in [0.2, 0.25) is 5.91 Å². The van der Waals surface area contributed by atoms with Gasteiger partial charge in [0, 0.05) is 24.6 Å². The Hall–Kier alpha value is -2.10. The summed E-state index contributed by atoms with van der Waals surface area (Å²) in [5.74, 6) is 0.377. The van der Waals surface area contributed by atoms with Crippen LogP contribution in [0.3, 0.4) is 0 Å². The Bertz CT molecular complexity index is 580. The number of hydrogen-bond donors (Lipinski definition) is 2. The summed E-state index contributed by atoms with van der Waals surface area (Å²) in [4.78, 5) is 24.1. The van der Waals surface area contributed by atoms with Crippen molar-refractivity contribution in [1.82, 2.24) is 10.6 Å². The van der Waals surface area contributed by atoms with E-state index < -0.39 is 0 Å². The van der Waals surface area contributed by atoms with Gasteiger partial charge in [0.05, 0.1) is 0 Å². The van der Waals surface area contributed by atoms with Gasteiger partial charge in [0.1, 0.15) is 0 Å². The summed E-state index contributed by atoms with van der Waals surface area (Å²) in [6.45, 7) is 4.48. The molecule has 0 saturated heterocycles. The van der Waals surface area contributed by atoms with E-state index in [1.165, 1.54) is 0 Å². The summed E-state index contributed by atoms with van der Waals surface area (Å²) in [6, 6.07) is 7.58. The molecule has 124 valence electrons. The van der Waals surface area contributed by atoms with Gasteiger partial charge in [-0.1, -0.05) is 31.2 Å². The molecule has 0 aliphatic heterocycles. The lowest BCUT2D eigenvalue weighted by molar-refractivity contribution is -0.121. The maximum absolute atomic E-state index is 12.1. The molecule has 1 aromatic rings. The van der Waals surface area contributed by atoms with E-state index in [4.69, 9.17) is 0 Å². The number of nitrogens with one attached hydrogen (secondary N) is 2. The summed E-state index contributed by atoms with van der Waals surface area (Å²) in [6.07, 6.45) is 7.85. The predicted octanol–water partition coefficient (Wildman–Crippen LogP) is 3.19. The van der Waals surface area contributed by atoms with Crippen molar-refractivity contribution < 1.29 is 9.59 Å². The fourth-order valence-electron chi connectivity index (χ4n) is 2.61. The van der Waals surface area contributed by atoms with Crippen molar-refractivity contribution in [2.24, 2.45) is 5.92 Å². The summed E-state index contributed by atoms with van der Waals surface area (Å²) >= 11 is 0. The standard InChI is InChI=1S/C19H26N2O2/c1-3-14(2)21-19(23)17-10-6-9-16(11-17)13-20-18(22)12-15-7-4-5-8-15/h4,6-7,9-11,14-15H,3,5,8,12-13H2,1-2H3,(H,20,22)(H,21,23)/t14-,15+/m1/s1. The molecule has 2 N–H and O–H groups in total. The molecule has 1 aromatic carbocycles. The third kappa shape index (κ3) is 5.55. The molecule has 0 heterocycles. The number of rotatable bonds is 7. The van der Waals surface area contributed by atoms with E-state index in [-0.39, 0.29) is 17.9 Å². The Morgan fingerprint density at radius 1 is 1.35 bits per heavy atom. The minimum Gasteiger partial charge on any atom is -0.352 e. The molecule has 0 unspecified atom stereocenters. The number of carbonyl (C=O) groups is 2. The van der Waals surface area contributed by atoms with Crippen molar-refractivity contribution in [3.8, 4) is 0 Å². The van der Waals surface area contributed by atoms with Crippen LogP contribution in [-0.2, 0) is 11.3 Å². The van der Waals surface area contributed by atoms with Crippen molar-refractivity contribution in [2.45, 2.75) is 52.1 Å². The van der Waals surface area contributed by atoms with E-state index in [9.17, 15) is 9.59 Å². The summed E-state index contributed by atoms with van der Waals surface area (Å²) in [5, 5.41) is 5.89. The maximum Gasteiger partial charge on any atom is 0.251 e. The summed E-state index contributed by atoms with van der Waals surface area (Å²) < 4.78 is 0. The molecule has 4 nitrogen and oxygen atoms in total. The number of benzene rings is 1. The van der Waals surface area contributed by atoms with Gasteiger partial charge < -0.3 is 10.6 Å². The van der Waals surface area contributed by atoms with Gasteiger partial charge in [-0.3, -0.25) is 9.59 Å². The molecule has 2 atom stereocenters. The van der Waals surface area contributed by atoms with Crippen LogP contribution in [0.5, 0.6) is 0 Å². The Balaban J connectivity index is 1.85. The molecule has 1 aliphatic rings. The summed E-state index contributed by atoms with van der Waals surface area (Å²) in [5.41, 5.74) is 1.58. The molecule has 0 spiro atoms. The van der Waals surface area contributed by atoms with Crippen molar-refractivity contribution in [2.75, 3.05) is 0 Å². The first-order valence-corrected chi connectivity index (χ1v) is 8.41. The molecular formula is C19H26N2O2. The first-order valence-electron chi connectivity index (χ1n) is 8.41. The first-order chi connectivity index (χ1) is 11.1. The van der Waals surface area contributed by atoms with E-state index in [1.54, 1.807) is 6.07 Å². The van der Waals surface area contributed by atoms with Gasteiger partial charge in [-0.25, -0.2) is 0 Å². The minimum atomic E-state index is -0.0661. The topological polar surface area (TPSA) is 58.2 Å². The molecule has 2 rings (SSSR count). The van der Waals surface area contributed by atoms with Crippen LogP contribution in [0.25, 0.3) is 0 Å². The highest BCUT2D eigenvalue weighted by molar-refractivity contribution is 5.94. The van der Waals surface area contributed by atoms with Gasteiger partial charge in [-0.05, 0) is 49.8 Å². The van der Waals surface area contributed by atoms with E-state index in [1.807, 2.05) is 32.0 Å². The number of amides is 2. The van der Waals surface area contributed by atoms with Crippen LogP contribution in [0, 0.1) is 5.92 Å². The van der Waals surface area contributed by atoms with Crippen LogP contribution in [0.2, 0.25) is 0 Å². The van der Waals surface area contributed by atoms with E-state index >= 15 is 0 Å². The lowest BCUT2D eigenvalue weighted by atomic mass is 10.0. The largest absolute Gasteiger partial charge is 0.352 e. The molecule has 1 aliphatic carbocycles. The van der Waals surface area contributed by atoms with Crippen LogP contribution in [-0.4, -0.2) is 17.9 Å². The Morgan fingerprint density at radius 2 is 2.17 bits per heavy atom. The highest BCUT2D eigenvalue weighted by atomic mass is 16.2. The number of carbonyl (C=O) groups excluding carboxylic acids is 2. The first kappa shape index (κ1) is 17.3. The third-order valence-corrected chi connectivity index (χ3v) is 4.23. The van der Waals surface area contributed by atoms with Gasteiger partial charge in [0.15, 0.2) is 0 Å². The van der Waals surface area contributed by atoms with Crippen LogP contribution >= 0.6 is 0 Å². The van der Waals surface area contributed by atoms with Gasteiger partial charge in [0.25, 0.3) is 5.91 Å².